The molecule has 1 heterocycles. The molecule has 1 aromatic carbocycles. The van der Waals surface area contributed by atoms with Crippen LogP contribution in [0.1, 0.15) is 99.0 Å². The summed E-state index contributed by atoms with van der Waals surface area (Å²) in [5.41, 5.74) is 0.621. The SMILES string of the molecule is CCCCCC/C=C\CC(=O)N[C@H](C(=O)N[C@@H](CO)[C@@H](O)CC(=O)N[C@H](C(=O)N[C@@H]1/C=C/C(=O)N[C@@H](C(C)C)C(=O)N(C)[C@@H](Cc2ccc(O)cc2)C(=O)OC1)C(C)C)C(C)C. The van der Waals surface area contributed by atoms with Crippen LogP contribution in [-0.4, -0.2) is 124 Å². The zero-order valence-corrected chi connectivity index (χ0v) is 37.5. The fraction of sp³-hybridized carbons (Fsp3) is 0.622. The maximum Gasteiger partial charge on any atom is 0.329 e. The van der Waals surface area contributed by atoms with Gasteiger partial charge in [0.15, 0.2) is 0 Å². The Labute approximate surface area is 365 Å². The van der Waals surface area contributed by atoms with Gasteiger partial charge in [0.1, 0.15) is 36.5 Å². The van der Waals surface area contributed by atoms with Crippen molar-refractivity contribution >= 4 is 41.4 Å². The first-order valence-corrected chi connectivity index (χ1v) is 21.6. The van der Waals surface area contributed by atoms with Crippen LogP contribution in [0.3, 0.4) is 0 Å². The van der Waals surface area contributed by atoms with E-state index in [0.29, 0.717) is 5.56 Å². The van der Waals surface area contributed by atoms with Crippen molar-refractivity contribution in [2.24, 2.45) is 17.8 Å². The summed E-state index contributed by atoms with van der Waals surface area (Å²) < 4.78 is 5.64. The van der Waals surface area contributed by atoms with E-state index in [4.69, 9.17) is 4.74 Å². The number of aliphatic hydroxyl groups excluding tert-OH is 2. The highest BCUT2D eigenvalue weighted by Crippen LogP contribution is 2.18. The van der Waals surface area contributed by atoms with E-state index >= 15 is 0 Å². The number of hydrogen-bond acceptors (Lipinski definition) is 11. The number of likely N-dealkylation sites (N-methyl/N-ethyl adjacent to an activating group) is 1. The lowest BCUT2D eigenvalue weighted by Crippen LogP contribution is -2.57. The van der Waals surface area contributed by atoms with Gasteiger partial charge < -0.3 is 51.5 Å². The predicted molar refractivity (Wildman–Crippen MR) is 233 cm³/mol. The lowest BCUT2D eigenvalue weighted by atomic mass is 9.99. The topological polar surface area (TPSA) is 253 Å². The van der Waals surface area contributed by atoms with Crippen LogP contribution >= 0.6 is 0 Å². The van der Waals surface area contributed by atoms with Gasteiger partial charge in [-0.2, -0.15) is 0 Å². The fourth-order valence-corrected chi connectivity index (χ4v) is 6.61. The maximum absolute atomic E-state index is 13.7. The third-order valence-corrected chi connectivity index (χ3v) is 10.5. The zero-order chi connectivity index (χ0) is 46.5. The molecule has 0 spiro atoms. The first-order chi connectivity index (χ1) is 29.3. The number of benzene rings is 1. The number of cyclic esters (lactones) is 1. The minimum atomic E-state index is -1.58. The van der Waals surface area contributed by atoms with E-state index in [1.807, 2.05) is 6.08 Å². The largest absolute Gasteiger partial charge is 0.508 e. The number of esters is 1. The third kappa shape index (κ3) is 18.0. The number of ether oxygens (including phenoxy) is 1. The Morgan fingerprint density at radius 2 is 1.52 bits per heavy atom. The van der Waals surface area contributed by atoms with Crippen molar-refractivity contribution in [1.29, 1.82) is 0 Å². The summed E-state index contributed by atoms with van der Waals surface area (Å²) in [5.74, 6) is -5.64. The quantitative estimate of drug-likeness (QED) is 0.0475. The molecule has 17 heteroatoms. The molecule has 1 aromatic rings. The van der Waals surface area contributed by atoms with Crippen molar-refractivity contribution < 1.29 is 53.6 Å². The number of nitrogens with one attached hydrogen (secondary N) is 5. The zero-order valence-electron chi connectivity index (χ0n) is 37.5. The molecule has 0 unspecified atom stereocenters. The Bertz CT molecular complexity index is 1700. The lowest BCUT2D eigenvalue weighted by molar-refractivity contribution is -0.156. The van der Waals surface area contributed by atoms with E-state index in [0.717, 1.165) is 38.2 Å². The molecule has 1 aliphatic heterocycles. The Morgan fingerprint density at radius 1 is 0.887 bits per heavy atom. The minimum absolute atomic E-state index is 0.0166. The molecule has 0 fully saturated rings. The summed E-state index contributed by atoms with van der Waals surface area (Å²) >= 11 is 0. The van der Waals surface area contributed by atoms with Crippen LogP contribution < -0.4 is 26.6 Å². The number of carbonyl (C=O) groups is 7. The van der Waals surface area contributed by atoms with Gasteiger partial charge >= 0.3 is 5.97 Å². The Balaban J connectivity index is 2.15. The molecule has 0 aliphatic carbocycles. The molecule has 1 aliphatic rings. The van der Waals surface area contributed by atoms with Crippen molar-refractivity contribution in [3.05, 3.63) is 54.1 Å². The van der Waals surface area contributed by atoms with Crippen molar-refractivity contribution in [3.63, 3.8) is 0 Å². The standard InChI is InChI=1S/C45H70N6O11/c1-9-10-11-12-13-14-15-16-36(55)48-40(28(4)5)43(59)47-33(25-52)35(54)24-38(57)50-39(27(2)3)42(58)46-31-19-22-37(56)49-41(29(6)7)44(60)51(8)34(45(61)62-26-31)23-30-17-20-32(53)21-18-30/h14-15,17-22,27-29,31,33-35,39-41,52-54H,9-13,16,23-26H2,1-8H3,(H,46,58)(H,47,59)(H,48,55)(H,49,56)(H,50,57)/b15-14-,22-19+/t31-,33+,34+,35+,39+,40+,41+/m1/s1. The van der Waals surface area contributed by atoms with Gasteiger partial charge in [0.05, 0.1) is 31.2 Å². The van der Waals surface area contributed by atoms with Crippen LogP contribution in [0.5, 0.6) is 5.75 Å². The predicted octanol–water partition coefficient (Wildman–Crippen LogP) is 1.93. The van der Waals surface area contributed by atoms with Gasteiger partial charge in [0, 0.05) is 26.0 Å². The molecule has 0 saturated carbocycles. The smallest absolute Gasteiger partial charge is 0.329 e. The van der Waals surface area contributed by atoms with Crippen LogP contribution in [0.2, 0.25) is 0 Å². The molecular formula is C45H70N6O11. The van der Waals surface area contributed by atoms with Gasteiger partial charge in [-0.1, -0.05) is 98.1 Å². The van der Waals surface area contributed by atoms with Gasteiger partial charge in [-0.25, -0.2) is 4.79 Å². The van der Waals surface area contributed by atoms with Crippen LogP contribution in [-0.2, 0) is 44.7 Å². The monoisotopic (exact) mass is 871 g/mol. The second kappa shape index (κ2) is 26.9. The van der Waals surface area contributed by atoms with Gasteiger partial charge in [0.25, 0.3) is 0 Å². The van der Waals surface area contributed by atoms with Gasteiger partial charge in [-0.3, -0.25) is 28.8 Å². The normalized spacial score (nSPS) is 20.0. The number of rotatable bonds is 22. The number of amides is 6. The number of phenols is 1. The number of unbranched alkanes of at least 4 members (excludes halogenated alkanes) is 4. The summed E-state index contributed by atoms with van der Waals surface area (Å²) in [7, 11) is 1.43. The van der Waals surface area contributed by atoms with E-state index in [1.54, 1.807) is 59.8 Å². The van der Waals surface area contributed by atoms with Gasteiger partial charge in [-0.05, 0) is 48.3 Å². The van der Waals surface area contributed by atoms with Crippen LogP contribution in [0.15, 0.2) is 48.6 Å². The van der Waals surface area contributed by atoms with Crippen LogP contribution in [0, 0.1) is 17.8 Å². The molecule has 0 saturated heterocycles. The average Bonchev–Trinajstić information content (AvgIpc) is 3.21. The highest BCUT2D eigenvalue weighted by molar-refractivity contribution is 5.95. The molecule has 7 atom stereocenters. The van der Waals surface area contributed by atoms with Crippen LogP contribution in [0.4, 0.5) is 0 Å². The second-order valence-corrected chi connectivity index (χ2v) is 16.8. The van der Waals surface area contributed by atoms with Crippen molar-refractivity contribution in [3.8, 4) is 5.75 Å². The highest BCUT2D eigenvalue weighted by atomic mass is 16.5. The Kier molecular flexibility index (Phi) is 22.9. The Morgan fingerprint density at radius 3 is 2.11 bits per heavy atom. The summed E-state index contributed by atoms with van der Waals surface area (Å²) in [6, 6.07) is -0.567. The lowest BCUT2D eigenvalue weighted by Gasteiger charge is -2.32. The minimum Gasteiger partial charge on any atom is -0.508 e. The van der Waals surface area contributed by atoms with Gasteiger partial charge in [-0.15, -0.1) is 0 Å². The van der Waals surface area contributed by atoms with Crippen molar-refractivity contribution in [1.82, 2.24) is 31.5 Å². The number of allylic oxidation sites excluding steroid dienone is 1. The summed E-state index contributed by atoms with van der Waals surface area (Å²) in [5, 5.41) is 44.0. The molecule has 0 bridgehead atoms. The molecule has 346 valence electrons. The number of aliphatic hydroxyl groups is 2. The Hall–Kier alpha value is -5.29. The molecule has 6 amide bonds. The molecule has 62 heavy (non-hydrogen) atoms. The van der Waals surface area contributed by atoms with E-state index < -0.39 is 103 Å². The number of phenolic OH excluding ortho intramolecular Hbond substituents is 1. The second-order valence-electron chi connectivity index (χ2n) is 16.8. The van der Waals surface area contributed by atoms with Crippen molar-refractivity contribution in [2.75, 3.05) is 20.3 Å². The first kappa shape index (κ1) is 52.8. The third-order valence-electron chi connectivity index (χ3n) is 10.5. The van der Waals surface area contributed by atoms with Gasteiger partial charge in [0.2, 0.25) is 35.4 Å². The maximum atomic E-state index is 13.7. The number of nitrogens with zero attached hydrogens (tertiary/aromatic N) is 1. The fourth-order valence-electron chi connectivity index (χ4n) is 6.61. The van der Waals surface area contributed by atoms with E-state index in [2.05, 4.69) is 33.5 Å². The van der Waals surface area contributed by atoms with Crippen molar-refractivity contribution in [2.45, 2.75) is 142 Å². The number of hydrogen-bond donors (Lipinski definition) is 8. The summed E-state index contributed by atoms with van der Waals surface area (Å²) in [6.07, 6.45) is 9.31. The van der Waals surface area contributed by atoms with E-state index in [-0.39, 0.29) is 36.3 Å². The average molecular weight is 871 g/mol. The first-order valence-electron chi connectivity index (χ1n) is 21.6. The molecular weight excluding hydrogens is 801 g/mol. The summed E-state index contributed by atoms with van der Waals surface area (Å²) in [6.45, 7) is 11.2. The molecule has 17 nitrogen and oxygen atoms in total. The van der Waals surface area contributed by atoms with E-state index in [9.17, 15) is 48.9 Å². The molecule has 8 N–H and O–H groups in total. The molecule has 0 radical (unpaired) electrons. The number of aromatic hydroxyl groups is 1. The highest BCUT2D eigenvalue weighted by Gasteiger charge is 2.36. The van der Waals surface area contributed by atoms with Crippen LogP contribution in [0.25, 0.3) is 0 Å². The number of carbonyl (C=O) groups excluding carboxylic acids is 7. The summed E-state index contributed by atoms with van der Waals surface area (Å²) in [4.78, 5) is 94.3. The molecule has 2 rings (SSSR count). The molecule has 0 aromatic heterocycles. The van der Waals surface area contributed by atoms with E-state index in [1.165, 1.54) is 30.2 Å².